The predicted octanol–water partition coefficient (Wildman–Crippen LogP) is 4.24. The molecule has 0 unspecified atom stereocenters. The van der Waals surface area contributed by atoms with Gasteiger partial charge in [-0.25, -0.2) is 0 Å². The molecule has 7 nitrogen and oxygen atoms in total. The van der Waals surface area contributed by atoms with E-state index in [9.17, 15) is 4.79 Å². The first-order valence-corrected chi connectivity index (χ1v) is 8.86. The maximum absolute atomic E-state index is 12.3. The van der Waals surface area contributed by atoms with E-state index in [1.54, 1.807) is 54.6 Å². The highest BCUT2D eigenvalue weighted by atomic mass is 16.7. The van der Waals surface area contributed by atoms with Gasteiger partial charge < -0.3 is 28.7 Å². The largest absolute Gasteiger partial charge is 0.494 e. The summed E-state index contributed by atoms with van der Waals surface area (Å²) < 4.78 is 27.2. The van der Waals surface area contributed by atoms with Crippen LogP contribution in [0.15, 0.2) is 59.0 Å². The minimum atomic E-state index is -0.335. The van der Waals surface area contributed by atoms with Gasteiger partial charge in [-0.05, 0) is 55.5 Å². The number of rotatable bonds is 7. The number of hydrogen-bond donors (Lipinski definition) is 1. The van der Waals surface area contributed by atoms with Crippen molar-refractivity contribution in [3.05, 3.63) is 66.1 Å². The highest BCUT2D eigenvalue weighted by molar-refractivity contribution is 6.02. The third kappa shape index (κ3) is 4.03. The van der Waals surface area contributed by atoms with Crippen LogP contribution in [0.4, 0.5) is 5.69 Å². The summed E-state index contributed by atoms with van der Waals surface area (Å²) in [6, 6.07) is 15.8. The van der Waals surface area contributed by atoms with Crippen LogP contribution in [0.25, 0.3) is 0 Å². The summed E-state index contributed by atoms with van der Waals surface area (Å²) in [5, 5.41) is 2.78. The lowest BCUT2D eigenvalue weighted by Crippen LogP contribution is -2.10. The second-order valence-electron chi connectivity index (χ2n) is 5.98. The Labute approximate surface area is 161 Å². The van der Waals surface area contributed by atoms with E-state index in [-0.39, 0.29) is 25.1 Å². The van der Waals surface area contributed by atoms with Gasteiger partial charge in [-0.3, -0.25) is 4.79 Å². The Morgan fingerprint density at radius 1 is 0.964 bits per heavy atom. The first kappa shape index (κ1) is 17.8. The molecule has 144 valence electrons. The molecule has 3 aromatic rings. The lowest BCUT2D eigenvalue weighted by Gasteiger charge is -2.06. The molecule has 0 radical (unpaired) electrons. The molecule has 1 aromatic heterocycles. The minimum absolute atomic E-state index is 0.190. The van der Waals surface area contributed by atoms with Gasteiger partial charge in [-0.15, -0.1) is 0 Å². The standard InChI is InChI=1S/C21H19NO6/c1-2-24-15-5-3-14(4-6-15)22-21(23)19-10-8-17(28-19)12-25-16-7-9-18-20(11-16)27-13-26-18/h3-11H,2,12-13H2,1H3,(H,22,23). The average Bonchev–Trinajstić information content (AvgIpc) is 3.37. The molecule has 0 bridgehead atoms. The number of ether oxygens (including phenoxy) is 4. The van der Waals surface area contributed by atoms with Crippen molar-refractivity contribution in [2.45, 2.75) is 13.5 Å². The lowest BCUT2D eigenvalue weighted by atomic mass is 10.3. The van der Waals surface area contributed by atoms with Gasteiger partial charge in [-0.2, -0.15) is 0 Å². The molecular formula is C21H19NO6. The second kappa shape index (κ2) is 7.96. The molecule has 1 aliphatic heterocycles. The van der Waals surface area contributed by atoms with Crippen LogP contribution in [0.1, 0.15) is 23.2 Å². The van der Waals surface area contributed by atoms with Gasteiger partial charge in [0.2, 0.25) is 6.79 Å². The fraction of sp³-hybridized carbons (Fsp3) is 0.190. The molecule has 1 aliphatic rings. The average molecular weight is 381 g/mol. The van der Waals surface area contributed by atoms with Crippen LogP contribution >= 0.6 is 0 Å². The predicted molar refractivity (Wildman–Crippen MR) is 101 cm³/mol. The van der Waals surface area contributed by atoms with Crippen molar-refractivity contribution in [1.82, 2.24) is 0 Å². The summed E-state index contributed by atoms with van der Waals surface area (Å²) in [4.78, 5) is 12.3. The molecule has 1 N–H and O–H groups in total. The van der Waals surface area contributed by atoms with Crippen molar-refractivity contribution >= 4 is 11.6 Å². The first-order valence-electron chi connectivity index (χ1n) is 8.86. The van der Waals surface area contributed by atoms with Crippen molar-refractivity contribution in [3.63, 3.8) is 0 Å². The maximum Gasteiger partial charge on any atom is 0.291 e. The lowest BCUT2D eigenvalue weighted by molar-refractivity contribution is 0.0992. The van der Waals surface area contributed by atoms with Gasteiger partial charge >= 0.3 is 0 Å². The van der Waals surface area contributed by atoms with Gasteiger partial charge in [-0.1, -0.05) is 0 Å². The number of fused-ring (bicyclic) bond motifs is 1. The van der Waals surface area contributed by atoms with Crippen molar-refractivity contribution in [1.29, 1.82) is 0 Å². The molecule has 0 saturated carbocycles. The number of hydrogen-bond acceptors (Lipinski definition) is 6. The Hall–Kier alpha value is -3.61. The number of anilines is 1. The van der Waals surface area contributed by atoms with E-state index in [1.165, 1.54) is 0 Å². The van der Waals surface area contributed by atoms with Gasteiger partial charge in [0.15, 0.2) is 17.3 Å². The zero-order valence-electron chi connectivity index (χ0n) is 15.3. The van der Waals surface area contributed by atoms with E-state index < -0.39 is 0 Å². The molecule has 1 amide bonds. The third-order valence-corrected chi connectivity index (χ3v) is 4.03. The van der Waals surface area contributed by atoms with Crippen molar-refractivity contribution in [2.75, 3.05) is 18.7 Å². The summed E-state index contributed by atoms with van der Waals surface area (Å²) in [6.07, 6.45) is 0. The molecule has 28 heavy (non-hydrogen) atoms. The molecular weight excluding hydrogens is 362 g/mol. The Morgan fingerprint density at radius 3 is 2.57 bits per heavy atom. The van der Waals surface area contributed by atoms with Crippen LogP contribution in [-0.4, -0.2) is 19.3 Å². The number of carbonyl (C=O) groups excluding carboxylic acids is 1. The Bertz CT molecular complexity index is 963. The summed E-state index contributed by atoms with van der Waals surface area (Å²) >= 11 is 0. The highest BCUT2D eigenvalue weighted by Gasteiger charge is 2.15. The number of carbonyl (C=O) groups is 1. The molecule has 0 atom stereocenters. The zero-order valence-corrected chi connectivity index (χ0v) is 15.3. The van der Waals surface area contributed by atoms with E-state index in [0.717, 1.165) is 5.75 Å². The van der Waals surface area contributed by atoms with Crippen LogP contribution in [0.2, 0.25) is 0 Å². The third-order valence-electron chi connectivity index (χ3n) is 4.03. The SMILES string of the molecule is CCOc1ccc(NC(=O)c2ccc(COc3ccc4c(c3)OCO4)o2)cc1. The van der Waals surface area contributed by atoms with E-state index in [2.05, 4.69) is 5.32 Å². The van der Waals surface area contributed by atoms with E-state index >= 15 is 0 Å². The van der Waals surface area contributed by atoms with Crippen molar-refractivity contribution in [2.24, 2.45) is 0 Å². The Morgan fingerprint density at radius 2 is 1.75 bits per heavy atom. The number of furan rings is 1. The fourth-order valence-corrected chi connectivity index (χ4v) is 2.69. The molecule has 0 spiro atoms. The molecule has 0 aliphatic carbocycles. The smallest absolute Gasteiger partial charge is 0.291 e. The number of amides is 1. The monoisotopic (exact) mass is 381 g/mol. The molecule has 2 heterocycles. The van der Waals surface area contributed by atoms with E-state index in [0.29, 0.717) is 35.3 Å². The molecule has 0 saturated heterocycles. The molecule has 4 rings (SSSR count). The first-order chi connectivity index (χ1) is 13.7. The quantitative estimate of drug-likeness (QED) is 0.660. The number of benzene rings is 2. The van der Waals surface area contributed by atoms with Crippen LogP contribution < -0.4 is 24.3 Å². The van der Waals surface area contributed by atoms with E-state index in [4.69, 9.17) is 23.4 Å². The Balaban J connectivity index is 1.33. The minimum Gasteiger partial charge on any atom is -0.494 e. The number of nitrogens with one attached hydrogen (secondary N) is 1. The normalized spacial score (nSPS) is 11.9. The van der Waals surface area contributed by atoms with Crippen LogP contribution in [0.3, 0.4) is 0 Å². The van der Waals surface area contributed by atoms with Gasteiger partial charge in [0.25, 0.3) is 5.91 Å². The molecule has 0 fully saturated rings. The zero-order chi connectivity index (χ0) is 19.3. The highest BCUT2D eigenvalue weighted by Crippen LogP contribution is 2.35. The second-order valence-corrected chi connectivity index (χ2v) is 5.98. The summed E-state index contributed by atoms with van der Waals surface area (Å²) in [5.74, 6) is 3.12. The van der Waals surface area contributed by atoms with Gasteiger partial charge in [0, 0.05) is 11.8 Å². The van der Waals surface area contributed by atoms with Crippen LogP contribution in [0.5, 0.6) is 23.0 Å². The topological polar surface area (TPSA) is 79.2 Å². The van der Waals surface area contributed by atoms with Crippen molar-refractivity contribution < 1.29 is 28.2 Å². The van der Waals surface area contributed by atoms with Gasteiger partial charge in [0.05, 0.1) is 6.61 Å². The van der Waals surface area contributed by atoms with Crippen LogP contribution in [0, 0.1) is 0 Å². The maximum atomic E-state index is 12.3. The summed E-state index contributed by atoms with van der Waals surface area (Å²) in [6.45, 7) is 2.91. The van der Waals surface area contributed by atoms with Crippen molar-refractivity contribution in [3.8, 4) is 23.0 Å². The van der Waals surface area contributed by atoms with E-state index in [1.807, 2.05) is 6.92 Å². The van der Waals surface area contributed by atoms with Gasteiger partial charge in [0.1, 0.15) is 23.9 Å². The molecule has 2 aromatic carbocycles. The fourth-order valence-electron chi connectivity index (χ4n) is 2.69. The molecule has 7 heteroatoms. The Kier molecular flexibility index (Phi) is 5.05. The summed E-state index contributed by atoms with van der Waals surface area (Å²) in [7, 11) is 0. The summed E-state index contributed by atoms with van der Waals surface area (Å²) in [5.41, 5.74) is 0.656. The van der Waals surface area contributed by atoms with Crippen LogP contribution in [-0.2, 0) is 6.61 Å².